The summed E-state index contributed by atoms with van der Waals surface area (Å²) in [6, 6.07) is 9.99. The molecule has 26 heavy (non-hydrogen) atoms. The fraction of sp³-hybridized carbons (Fsp3) is 0.632. The molecule has 6 nitrogen and oxygen atoms in total. The third kappa shape index (κ3) is 4.10. The molecular weight excluding hydrogens is 352 g/mol. The van der Waals surface area contributed by atoms with E-state index in [9.17, 15) is 13.2 Å². The number of likely N-dealkylation sites (tertiary alicyclic amines) is 1. The number of hydrogen-bond donors (Lipinski definition) is 1. The van der Waals surface area contributed by atoms with Crippen molar-refractivity contribution in [3.05, 3.63) is 35.9 Å². The van der Waals surface area contributed by atoms with Crippen LogP contribution in [0.5, 0.6) is 0 Å². The maximum Gasteiger partial charge on any atom is 0.244 e. The molecule has 0 radical (unpaired) electrons. The molecule has 2 aliphatic heterocycles. The van der Waals surface area contributed by atoms with E-state index in [4.69, 9.17) is 4.74 Å². The van der Waals surface area contributed by atoms with Crippen molar-refractivity contribution in [3.63, 3.8) is 0 Å². The highest BCUT2D eigenvalue weighted by Gasteiger charge is 2.51. The summed E-state index contributed by atoms with van der Waals surface area (Å²) in [5.41, 5.74) is 1.13. The molecule has 144 valence electrons. The summed E-state index contributed by atoms with van der Waals surface area (Å²) in [7, 11) is -3.46. The van der Waals surface area contributed by atoms with E-state index in [1.807, 2.05) is 30.3 Å². The van der Waals surface area contributed by atoms with Crippen LogP contribution in [0.2, 0.25) is 0 Å². The Morgan fingerprint density at radius 3 is 2.62 bits per heavy atom. The molecule has 0 spiro atoms. The van der Waals surface area contributed by atoms with Gasteiger partial charge in [0.1, 0.15) is 0 Å². The number of sulfone groups is 1. The molecule has 2 aliphatic rings. The summed E-state index contributed by atoms with van der Waals surface area (Å²) in [4.78, 5) is 14.8. The third-order valence-electron chi connectivity index (χ3n) is 5.55. The Morgan fingerprint density at radius 2 is 1.96 bits per heavy atom. The molecule has 0 aromatic heterocycles. The minimum Gasteiger partial charge on any atom is -0.376 e. The number of benzene rings is 1. The van der Waals surface area contributed by atoms with Gasteiger partial charge in [0.2, 0.25) is 5.91 Å². The second-order valence-electron chi connectivity index (χ2n) is 7.42. The van der Waals surface area contributed by atoms with Gasteiger partial charge in [-0.3, -0.25) is 4.79 Å². The molecule has 1 aromatic carbocycles. The van der Waals surface area contributed by atoms with Crippen LogP contribution in [0.4, 0.5) is 0 Å². The Bertz CT molecular complexity index is 714. The SMILES string of the molecule is CS(=O)(=O)C1(C(=O)N2CCC(COCc3ccccc3)C2)CCNCC1. The van der Waals surface area contributed by atoms with E-state index >= 15 is 0 Å². The van der Waals surface area contributed by atoms with Gasteiger partial charge in [-0.25, -0.2) is 8.42 Å². The second-order valence-corrected chi connectivity index (χ2v) is 9.75. The fourth-order valence-corrected chi connectivity index (χ4v) is 5.32. The molecule has 1 atom stereocenters. The Kier molecular flexibility index (Phi) is 5.99. The van der Waals surface area contributed by atoms with Crippen molar-refractivity contribution in [1.29, 1.82) is 0 Å². The van der Waals surface area contributed by atoms with Gasteiger partial charge in [0.15, 0.2) is 14.6 Å². The Balaban J connectivity index is 1.56. The summed E-state index contributed by atoms with van der Waals surface area (Å²) < 4.78 is 29.4. The van der Waals surface area contributed by atoms with Gasteiger partial charge in [0.05, 0.1) is 13.2 Å². The predicted octanol–water partition coefficient (Wildman–Crippen LogP) is 1.22. The fourth-order valence-electron chi connectivity index (χ4n) is 3.93. The lowest BCUT2D eigenvalue weighted by Crippen LogP contribution is -2.57. The van der Waals surface area contributed by atoms with E-state index < -0.39 is 14.6 Å². The lowest BCUT2D eigenvalue weighted by molar-refractivity contribution is -0.133. The molecule has 1 N–H and O–H groups in total. The number of carbonyl (C=O) groups is 1. The average molecular weight is 381 g/mol. The van der Waals surface area contributed by atoms with Crippen molar-refractivity contribution < 1.29 is 17.9 Å². The van der Waals surface area contributed by atoms with E-state index in [2.05, 4.69) is 5.32 Å². The molecule has 7 heteroatoms. The summed E-state index contributed by atoms with van der Waals surface area (Å²) in [6.07, 6.45) is 2.78. The Morgan fingerprint density at radius 1 is 1.27 bits per heavy atom. The zero-order chi connectivity index (χ0) is 18.6. The van der Waals surface area contributed by atoms with Crippen molar-refractivity contribution in [2.24, 2.45) is 5.92 Å². The number of rotatable bonds is 6. The molecule has 0 aliphatic carbocycles. The number of ether oxygens (including phenoxy) is 1. The van der Waals surface area contributed by atoms with E-state index in [0.717, 1.165) is 12.0 Å². The van der Waals surface area contributed by atoms with E-state index in [1.54, 1.807) is 4.90 Å². The number of carbonyl (C=O) groups excluding carboxylic acids is 1. The summed E-state index contributed by atoms with van der Waals surface area (Å²) in [5.74, 6) is 0.0491. The number of nitrogens with one attached hydrogen (secondary N) is 1. The van der Waals surface area contributed by atoms with Gasteiger partial charge in [0.25, 0.3) is 0 Å². The number of amides is 1. The molecule has 0 saturated carbocycles. The Hall–Kier alpha value is -1.44. The number of hydrogen-bond acceptors (Lipinski definition) is 5. The van der Waals surface area contributed by atoms with Crippen molar-refractivity contribution >= 4 is 15.7 Å². The van der Waals surface area contributed by atoms with Crippen molar-refractivity contribution in [3.8, 4) is 0 Å². The minimum atomic E-state index is -3.46. The lowest BCUT2D eigenvalue weighted by atomic mass is 9.95. The molecule has 1 unspecified atom stereocenters. The number of nitrogens with zero attached hydrogens (tertiary/aromatic N) is 1. The predicted molar refractivity (Wildman–Crippen MR) is 100 cm³/mol. The minimum absolute atomic E-state index is 0.216. The molecule has 1 amide bonds. The van der Waals surface area contributed by atoms with Crippen molar-refractivity contribution in [2.45, 2.75) is 30.6 Å². The maximum atomic E-state index is 13.1. The molecule has 3 rings (SSSR count). The first-order valence-corrected chi connectivity index (χ1v) is 11.1. The topological polar surface area (TPSA) is 75.7 Å². The van der Waals surface area contributed by atoms with E-state index in [-0.39, 0.29) is 11.8 Å². The van der Waals surface area contributed by atoms with Crippen LogP contribution < -0.4 is 5.32 Å². The first kappa shape index (κ1) is 19.3. The van der Waals surface area contributed by atoms with Gasteiger partial charge in [-0.1, -0.05) is 30.3 Å². The highest BCUT2D eigenvalue weighted by molar-refractivity contribution is 7.92. The van der Waals surface area contributed by atoms with Crippen LogP contribution in [0.25, 0.3) is 0 Å². The molecule has 2 fully saturated rings. The quantitative estimate of drug-likeness (QED) is 0.803. The summed E-state index contributed by atoms with van der Waals surface area (Å²) in [6.45, 7) is 3.48. The van der Waals surface area contributed by atoms with Gasteiger partial charge in [0, 0.05) is 25.3 Å². The van der Waals surface area contributed by atoms with Crippen LogP contribution in [0.1, 0.15) is 24.8 Å². The smallest absolute Gasteiger partial charge is 0.244 e. The molecule has 2 heterocycles. The zero-order valence-corrected chi connectivity index (χ0v) is 16.1. The molecule has 1 aromatic rings. The van der Waals surface area contributed by atoms with Gasteiger partial charge >= 0.3 is 0 Å². The number of piperidine rings is 1. The monoisotopic (exact) mass is 380 g/mol. The van der Waals surface area contributed by atoms with Crippen LogP contribution in [-0.2, 0) is 26.0 Å². The van der Waals surface area contributed by atoms with Crippen LogP contribution in [0.3, 0.4) is 0 Å². The summed E-state index contributed by atoms with van der Waals surface area (Å²) in [5, 5.41) is 3.15. The normalized spacial score (nSPS) is 23.1. The summed E-state index contributed by atoms with van der Waals surface area (Å²) >= 11 is 0. The first-order valence-electron chi connectivity index (χ1n) is 9.24. The highest BCUT2D eigenvalue weighted by atomic mass is 32.2. The van der Waals surface area contributed by atoms with Crippen LogP contribution in [-0.4, -0.2) is 63.0 Å². The van der Waals surface area contributed by atoms with E-state index in [0.29, 0.717) is 52.2 Å². The molecule has 0 bridgehead atoms. The molecule has 2 saturated heterocycles. The van der Waals surface area contributed by atoms with Gasteiger partial charge in [-0.15, -0.1) is 0 Å². The maximum absolute atomic E-state index is 13.1. The second kappa shape index (κ2) is 8.06. The first-order chi connectivity index (χ1) is 12.4. The van der Waals surface area contributed by atoms with Gasteiger partial charge in [-0.05, 0) is 37.9 Å². The highest BCUT2D eigenvalue weighted by Crippen LogP contribution is 2.32. The van der Waals surface area contributed by atoms with E-state index in [1.165, 1.54) is 6.26 Å². The standard InChI is InChI=1S/C19H28N2O4S/c1-26(23,24)19(8-10-20-11-9-19)18(22)21-12-7-17(13-21)15-25-14-16-5-3-2-4-6-16/h2-6,17,20H,7-15H2,1H3. The zero-order valence-electron chi connectivity index (χ0n) is 15.3. The largest absolute Gasteiger partial charge is 0.376 e. The van der Waals surface area contributed by atoms with Crippen LogP contribution in [0.15, 0.2) is 30.3 Å². The lowest BCUT2D eigenvalue weighted by Gasteiger charge is -2.37. The third-order valence-corrected chi connectivity index (χ3v) is 7.55. The van der Waals surface area contributed by atoms with Gasteiger partial charge < -0.3 is 15.0 Å². The van der Waals surface area contributed by atoms with Crippen LogP contribution >= 0.6 is 0 Å². The van der Waals surface area contributed by atoms with Crippen LogP contribution in [0, 0.1) is 5.92 Å². The van der Waals surface area contributed by atoms with Crippen molar-refractivity contribution in [2.75, 3.05) is 39.0 Å². The van der Waals surface area contributed by atoms with Crippen molar-refractivity contribution in [1.82, 2.24) is 10.2 Å². The average Bonchev–Trinajstić information content (AvgIpc) is 3.10. The molecular formula is C19H28N2O4S. The Labute approximate surface area is 155 Å². The van der Waals surface area contributed by atoms with Gasteiger partial charge in [-0.2, -0.15) is 0 Å².